The van der Waals surface area contributed by atoms with E-state index in [2.05, 4.69) is 5.32 Å². The average Bonchev–Trinajstić information content (AvgIpc) is 2.44. The van der Waals surface area contributed by atoms with Crippen LogP contribution in [0.3, 0.4) is 0 Å². The number of aliphatic carboxylic acids is 1. The monoisotopic (exact) mass is 328 g/mol. The van der Waals surface area contributed by atoms with E-state index < -0.39 is 12.0 Å². The van der Waals surface area contributed by atoms with Gasteiger partial charge >= 0.3 is 5.97 Å². The first-order valence-corrected chi connectivity index (χ1v) is 7.30. The minimum atomic E-state index is -0.916. The van der Waals surface area contributed by atoms with Gasteiger partial charge in [-0.05, 0) is 32.4 Å². The molecule has 5 nitrogen and oxygen atoms in total. The lowest BCUT2D eigenvalue weighted by molar-refractivity contribution is -0.139. The zero-order valence-corrected chi connectivity index (χ0v) is 14.1. The summed E-state index contributed by atoms with van der Waals surface area (Å²) in [6.45, 7) is 5.81. The van der Waals surface area contributed by atoms with Crippen LogP contribution in [0.25, 0.3) is 0 Å². The fourth-order valence-corrected chi connectivity index (χ4v) is 2.22. The number of anilines is 1. The van der Waals surface area contributed by atoms with Crippen molar-refractivity contribution in [2.45, 2.75) is 45.7 Å². The van der Waals surface area contributed by atoms with E-state index in [-0.39, 0.29) is 30.9 Å². The van der Waals surface area contributed by atoms with Gasteiger partial charge in [-0.15, -0.1) is 12.4 Å². The van der Waals surface area contributed by atoms with Crippen molar-refractivity contribution in [3.05, 3.63) is 30.3 Å². The Morgan fingerprint density at radius 1 is 1.23 bits per heavy atom. The molecule has 0 saturated carbocycles. The molecule has 1 amide bonds. The SMILES string of the molecule is CCCC(NCC(=O)N(c1ccccc1)C(C)C)C(=O)O.Cl. The van der Waals surface area contributed by atoms with Gasteiger partial charge in [-0.25, -0.2) is 0 Å². The second kappa shape index (κ2) is 10.2. The predicted molar refractivity (Wildman–Crippen MR) is 90.6 cm³/mol. The lowest BCUT2D eigenvalue weighted by atomic mass is 10.1. The molecular weight excluding hydrogens is 304 g/mol. The first kappa shape index (κ1) is 20.4. The molecule has 0 aliphatic rings. The van der Waals surface area contributed by atoms with E-state index in [1.54, 1.807) is 4.90 Å². The number of nitrogens with one attached hydrogen (secondary N) is 1. The van der Waals surface area contributed by atoms with Gasteiger partial charge in [0.05, 0.1) is 6.54 Å². The second-order valence-electron chi connectivity index (χ2n) is 5.25. The van der Waals surface area contributed by atoms with Gasteiger partial charge in [-0.3, -0.25) is 14.9 Å². The van der Waals surface area contributed by atoms with Crippen molar-refractivity contribution >= 4 is 30.0 Å². The summed E-state index contributed by atoms with van der Waals surface area (Å²) in [5.74, 6) is -1.04. The molecule has 0 aliphatic heterocycles. The van der Waals surface area contributed by atoms with Crippen molar-refractivity contribution < 1.29 is 14.7 Å². The van der Waals surface area contributed by atoms with Crippen LogP contribution in [0.5, 0.6) is 0 Å². The fourth-order valence-electron chi connectivity index (χ4n) is 2.22. The van der Waals surface area contributed by atoms with Crippen LogP contribution in [0.2, 0.25) is 0 Å². The number of rotatable bonds is 8. The van der Waals surface area contributed by atoms with Crippen LogP contribution < -0.4 is 10.2 Å². The van der Waals surface area contributed by atoms with E-state index in [4.69, 9.17) is 5.11 Å². The highest BCUT2D eigenvalue weighted by atomic mass is 35.5. The van der Waals surface area contributed by atoms with Crippen LogP contribution in [0.1, 0.15) is 33.6 Å². The van der Waals surface area contributed by atoms with E-state index in [9.17, 15) is 9.59 Å². The second-order valence-corrected chi connectivity index (χ2v) is 5.25. The van der Waals surface area contributed by atoms with Gasteiger partial charge in [0.15, 0.2) is 0 Å². The summed E-state index contributed by atoms with van der Waals surface area (Å²) in [7, 11) is 0. The molecule has 6 heteroatoms. The molecule has 0 fully saturated rings. The molecule has 124 valence electrons. The summed E-state index contributed by atoms with van der Waals surface area (Å²) in [6, 6.07) is 8.73. The van der Waals surface area contributed by atoms with Crippen LogP contribution in [0.15, 0.2) is 30.3 Å². The Morgan fingerprint density at radius 3 is 2.27 bits per heavy atom. The van der Waals surface area contributed by atoms with Crippen molar-refractivity contribution in [2.75, 3.05) is 11.4 Å². The van der Waals surface area contributed by atoms with Crippen molar-refractivity contribution in [1.82, 2.24) is 5.32 Å². The first-order valence-electron chi connectivity index (χ1n) is 7.30. The van der Waals surface area contributed by atoms with Gasteiger partial charge < -0.3 is 10.0 Å². The van der Waals surface area contributed by atoms with E-state index in [0.29, 0.717) is 6.42 Å². The molecule has 1 rings (SSSR count). The summed E-state index contributed by atoms with van der Waals surface area (Å²) in [5, 5.41) is 11.9. The number of carboxylic acids is 1. The maximum Gasteiger partial charge on any atom is 0.320 e. The molecular formula is C16H25ClN2O3. The topological polar surface area (TPSA) is 69.6 Å². The Hall–Kier alpha value is -1.59. The van der Waals surface area contributed by atoms with E-state index in [0.717, 1.165) is 12.1 Å². The summed E-state index contributed by atoms with van der Waals surface area (Å²) < 4.78 is 0. The third-order valence-corrected chi connectivity index (χ3v) is 3.19. The van der Waals surface area contributed by atoms with Gasteiger partial charge in [0.2, 0.25) is 5.91 Å². The third-order valence-electron chi connectivity index (χ3n) is 3.19. The molecule has 0 aliphatic carbocycles. The number of hydrogen-bond donors (Lipinski definition) is 2. The lowest BCUT2D eigenvalue weighted by Crippen LogP contribution is -2.46. The number of carbonyl (C=O) groups excluding carboxylic acids is 1. The molecule has 1 unspecified atom stereocenters. The van der Waals surface area contributed by atoms with Crippen molar-refractivity contribution in [1.29, 1.82) is 0 Å². The highest BCUT2D eigenvalue weighted by Gasteiger charge is 2.22. The molecule has 1 aromatic carbocycles. The van der Waals surface area contributed by atoms with E-state index >= 15 is 0 Å². The Bertz CT molecular complexity index is 466. The number of carbonyl (C=O) groups is 2. The molecule has 0 aromatic heterocycles. The maximum atomic E-state index is 12.4. The number of nitrogens with zero attached hydrogens (tertiary/aromatic N) is 1. The molecule has 0 radical (unpaired) electrons. The van der Waals surface area contributed by atoms with Crippen molar-refractivity contribution in [3.63, 3.8) is 0 Å². The first-order chi connectivity index (χ1) is 9.97. The highest BCUT2D eigenvalue weighted by Crippen LogP contribution is 2.16. The van der Waals surface area contributed by atoms with Gasteiger partial charge in [0.25, 0.3) is 0 Å². The largest absolute Gasteiger partial charge is 0.480 e. The minimum absolute atomic E-state index is 0. The van der Waals surface area contributed by atoms with Gasteiger partial charge in [-0.1, -0.05) is 31.5 Å². The zero-order valence-electron chi connectivity index (χ0n) is 13.3. The molecule has 0 spiro atoms. The smallest absolute Gasteiger partial charge is 0.320 e. The Labute approximate surface area is 138 Å². The summed E-state index contributed by atoms with van der Waals surface area (Å²) in [6.07, 6.45) is 1.26. The molecule has 1 atom stereocenters. The number of para-hydroxylation sites is 1. The number of halogens is 1. The minimum Gasteiger partial charge on any atom is -0.480 e. The normalized spacial score (nSPS) is 11.6. The van der Waals surface area contributed by atoms with Crippen LogP contribution in [-0.4, -0.2) is 35.6 Å². The molecule has 0 saturated heterocycles. The quantitative estimate of drug-likeness (QED) is 0.769. The number of hydrogen-bond acceptors (Lipinski definition) is 3. The van der Waals surface area contributed by atoms with E-state index in [1.165, 1.54) is 0 Å². The van der Waals surface area contributed by atoms with E-state index in [1.807, 2.05) is 51.1 Å². The summed E-state index contributed by atoms with van der Waals surface area (Å²) >= 11 is 0. The van der Waals surface area contributed by atoms with Crippen LogP contribution >= 0.6 is 12.4 Å². The molecule has 22 heavy (non-hydrogen) atoms. The van der Waals surface area contributed by atoms with Gasteiger partial charge in [0, 0.05) is 11.7 Å². The molecule has 1 aromatic rings. The van der Waals surface area contributed by atoms with Crippen LogP contribution in [0, 0.1) is 0 Å². The predicted octanol–water partition coefficient (Wildman–Crippen LogP) is 2.69. The fraction of sp³-hybridized carbons (Fsp3) is 0.500. The number of amides is 1. The Kier molecular flexibility index (Phi) is 9.45. The standard InChI is InChI=1S/C16H24N2O3.ClH/c1-4-8-14(16(20)21)17-11-15(19)18(12(2)3)13-9-6-5-7-10-13;/h5-7,9-10,12,14,17H,4,8,11H2,1-3H3,(H,20,21);1H. The summed E-state index contributed by atoms with van der Waals surface area (Å²) in [5.41, 5.74) is 0.821. The Morgan fingerprint density at radius 2 is 1.82 bits per heavy atom. The summed E-state index contributed by atoms with van der Waals surface area (Å²) in [4.78, 5) is 25.2. The van der Waals surface area contributed by atoms with Crippen LogP contribution in [-0.2, 0) is 9.59 Å². The number of carboxylic acid groups (broad SMARTS) is 1. The molecule has 0 heterocycles. The average molecular weight is 329 g/mol. The van der Waals surface area contributed by atoms with Crippen molar-refractivity contribution in [2.24, 2.45) is 0 Å². The van der Waals surface area contributed by atoms with Crippen LogP contribution in [0.4, 0.5) is 5.69 Å². The zero-order chi connectivity index (χ0) is 15.8. The maximum absolute atomic E-state index is 12.4. The molecule has 2 N–H and O–H groups in total. The molecule has 0 bridgehead atoms. The van der Waals surface area contributed by atoms with Crippen molar-refractivity contribution in [3.8, 4) is 0 Å². The third kappa shape index (κ3) is 6.03. The van der Waals surface area contributed by atoms with Gasteiger partial charge in [0.1, 0.15) is 6.04 Å². The highest BCUT2D eigenvalue weighted by molar-refractivity contribution is 5.95. The lowest BCUT2D eigenvalue weighted by Gasteiger charge is -2.27. The van der Waals surface area contributed by atoms with Gasteiger partial charge in [-0.2, -0.15) is 0 Å². The Balaban J connectivity index is 0.00000441. The number of benzene rings is 1.